The fraction of sp³-hybridized carbons (Fsp3) is 0.238. The van der Waals surface area contributed by atoms with Gasteiger partial charge in [0.15, 0.2) is 17.2 Å². The van der Waals surface area contributed by atoms with E-state index in [-0.39, 0.29) is 17.9 Å². The number of halogens is 1. The number of aliphatic imine (C=N–C) groups is 1. The van der Waals surface area contributed by atoms with Crippen LogP contribution in [0.5, 0.6) is 11.5 Å². The number of esters is 1. The number of rotatable bonds is 2. The van der Waals surface area contributed by atoms with E-state index in [1.807, 2.05) is 30.3 Å². The Bertz CT molecular complexity index is 984. The Morgan fingerprint density at radius 3 is 2.41 bits per heavy atom. The lowest BCUT2D eigenvalue weighted by molar-refractivity contribution is -0.129. The predicted molar refractivity (Wildman–Crippen MR) is 106 cm³/mol. The summed E-state index contributed by atoms with van der Waals surface area (Å²) in [4.78, 5) is 16.6. The topological polar surface area (TPSA) is 57.1 Å². The molecule has 0 saturated carbocycles. The van der Waals surface area contributed by atoms with Crippen molar-refractivity contribution in [1.29, 1.82) is 0 Å². The number of hydrogen-bond acceptors (Lipinski definition) is 5. The summed E-state index contributed by atoms with van der Waals surface area (Å²) in [6.07, 6.45) is 1.67. The Morgan fingerprint density at radius 1 is 1.07 bits per heavy atom. The van der Waals surface area contributed by atoms with E-state index in [2.05, 4.69) is 41.7 Å². The standard InChI is InChI=1S/C21H18BrNO4/c1-21(2,3)14-6-4-12(5-7-14)19-23-16(20(24)27-19)8-13-9-17-18(10-15(13)22)26-11-25-17/h4-10H,11H2,1-3H3/b16-8-. The van der Waals surface area contributed by atoms with Crippen LogP contribution >= 0.6 is 15.9 Å². The minimum atomic E-state index is -0.477. The van der Waals surface area contributed by atoms with Crippen LogP contribution in [0.25, 0.3) is 6.08 Å². The van der Waals surface area contributed by atoms with E-state index in [0.717, 1.165) is 15.6 Å². The molecular weight excluding hydrogens is 410 g/mol. The van der Waals surface area contributed by atoms with E-state index in [1.54, 1.807) is 12.1 Å². The second-order valence-electron chi connectivity index (χ2n) is 7.39. The van der Waals surface area contributed by atoms with Crippen molar-refractivity contribution in [2.24, 2.45) is 4.99 Å². The van der Waals surface area contributed by atoms with Gasteiger partial charge < -0.3 is 14.2 Å². The number of carbonyl (C=O) groups excluding carboxylic acids is 1. The first-order valence-corrected chi connectivity index (χ1v) is 9.33. The second-order valence-corrected chi connectivity index (χ2v) is 8.24. The Morgan fingerprint density at radius 2 is 1.74 bits per heavy atom. The average Bonchev–Trinajstić information content (AvgIpc) is 3.21. The van der Waals surface area contributed by atoms with Gasteiger partial charge in [-0.05, 0) is 46.9 Å². The number of cyclic esters (lactones) is 1. The molecule has 0 bridgehead atoms. The van der Waals surface area contributed by atoms with Crippen molar-refractivity contribution >= 4 is 33.9 Å². The van der Waals surface area contributed by atoms with Gasteiger partial charge in [0.05, 0.1) is 0 Å². The van der Waals surface area contributed by atoms with Crippen molar-refractivity contribution in [3.8, 4) is 11.5 Å². The molecule has 2 aliphatic rings. The second kappa shape index (κ2) is 6.53. The van der Waals surface area contributed by atoms with E-state index < -0.39 is 5.97 Å². The minimum Gasteiger partial charge on any atom is -0.454 e. The van der Waals surface area contributed by atoms with Crippen molar-refractivity contribution in [3.63, 3.8) is 0 Å². The Balaban J connectivity index is 1.65. The highest BCUT2D eigenvalue weighted by Gasteiger charge is 2.25. The van der Waals surface area contributed by atoms with Crippen molar-refractivity contribution in [2.75, 3.05) is 6.79 Å². The molecule has 4 rings (SSSR count). The average molecular weight is 428 g/mol. The van der Waals surface area contributed by atoms with Gasteiger partial charge in [0.25, 0.3) is 0 Å². The van der Waals surface area contributed by atoms with Crippen LogP contribution in [-0.4, -0.2) is 18.7 Å². The molecule has 0 aliphatic carbocycles. The zero-order valence-electron chi connectivity index (χ0n) is 15.2. The van der Waals surface area contributed by atoms with Crippen LogP contribution in [0.2, 0.25) is 0 Å². The maximum atomic E-state index is 12.3. The zero-order chi connectivity index (χ0) is 19.2. The van der Waals surface area contributed by atoms with E-state index in [4.69, 9.17) is 14.2 Å². The molecule has 0 amide bonds. The van der Waals surface area contributed by atoms with Crippen LogP contribution in [0.15, 0.2) is 51.6 Å². The van der Waals surface area contributed by atoms with Crippen molar-refractivity contribution in [3.05, 3.63) is 63.3 Å². The Labute approximate surface area is 165 Å². The summed E-state index contributed by atoms with van der Waals surface area (Å²) in [6, 6.07) is 11.5. The van der Waals surface area contributed by atoms with Gasteiger partial charge in [0.2, 0.25) is 12.7 Å². The Kier molecular flexibility index (Phi) is 4.30. The number of fused-ring (bicyclic) bond motifs is 1. The highest BCUT2D eigenvalue weighted by Crippen LogP contribution is 2.38. The van der Waals surface area contributed by atoms with Gasteiger partial charge in [0.1, 0.15) is 0 Å². The first-order chi connectivity index (χ1) is 12.8. The summed E-state index contributed by atoms with van der Waals surface area (Å²) in [5, 5.41) is 0. The van der Waals surface area contributed by atoms with Crippen molar-refractivity contribution < 1.29 is 19.0 Å². The molecule has 2 aromatic carbocycles. The van der Waals surface area contributed by atoms with Gasteiger partial charge in [-0.1, -0.05) is 48.8 Å². The molecule has 27 heavy (non-hydrogen) atoms. The lowest BCUT2D eigenvalue weighted by Crippen LogP contribution is -2.11. The summed E-state index contributed by atoms with van der Waals surface area (Å²) in [5.74, 6) is 1.14. The van der Waals surface area contributed by atoms with Crippen molar-refractivity contribution in [1.82, 2.24) is 0 Å². The fourth-order valence-electron chi connectivity index (χ4n) is 2.84. The minimum absolute atomic E-state index is 0.0589. The summed E-state index contributed by atoms with van der Waals surface area (Å²) >= 11 is 3.48. The molecule has 0 N–H and O–H groups in total. The molecule has 0 fully saturated rings. The monoisotopic (exact) mass is 427 g/mol. The molecule has 5 nitrogen and oxygen atoms in total. The molecular formula is C21H18BrNO4. The van der Waals surface area contributed by atoms with Gasteiger partial charge in [0, 0.05) is 10.0 Å². The predicted octanol–water partition coefficient (Wildman–Crippen LogP) is 4.82. The van der Waals surface area contributed by atoms with E-state index in [0.29, 0.717) is 17.4 Å². The molecule has 2 heterocycles. The number of benzene rings is 2. The summed E-state index contributed by atoms with van der Waals surface area (Å²) in [5.41, 5.74) is 3.04. The third kappa shape index (κ3) is 3.49. The van der Waals surface area contributed by atoms with E-state index in [9.17, 15) is 4.79 Å². The van der Waals surface area contributed by atoms with Crippen LogP contribution in [0.1, 0.15) is 37.5 Å². The maximum Gasteiger partial charge on any atom is 0.363 e. The van der Waals surface area contributed by atoms with Crippen LogP contribution in [0.4, 0.5) is 0 Å². The lowest BCUT2D eigenvalue weighted by atomic mass is 9.87. The molecule has 138 valence electrons. The number of carbonyl (C=O) groups is 1. The lowest BCUT2D eigenvalue weighted by Gasteiger charge is -2.18. The van der Waals surface area contributed by atoms with Crippen LogP contribution in [0, 0.1) is 0 Å². The number of nitrogens with zero attached hydrogens (tertiary/aromatic N) is 1. The molecule has 2 aromatic rings. The SMILES string of the molecule is CC(C)(C)c1ccc(C2=N/C(=C\c3cc4c(cc3Br)OCO4)C(=O)O2)cc1. The van der Waals surface area contributed by atoms with Crippen LogP contribution in [-0.2, 0) is 14.9 Å². The van der Waals surface area contributed by atoms with E-state index >= 15 is 0 Å². The van der Waals surface area contributed by atoms with Gasteiger partial charge >= 0.3 is 5.97 Å². The molecule has 0 atom stereocenters. The molecule has 0 spiro atoms. The number of hydrogen-bond donors (Lipinski definition) is 0. The van der Waals surface area contributed by atoms with Gasteiger partial charge in [-0.15, -0.1) is 0 Å². The Hall–Kier alpha value is -2.60. The van der Waals surface area contributed by atoms with Crippen molar-refractivity contribution in [2.45, 2.75) is 26.2 Å². The number of ether oxygens (including phenoxy) is 3. The summed E-state index contributed by atoms with van der Waals surface area (Å²) < 4.78 is 16.9. The highest BCUT2D eigenvalue weighted by atomic mass is 79.9. The fourth-order valence-corrected chi connectivity index (χ4v) is 3.27. The molecule has 2 aliphatic heterocycles. The molecule has 0 radical (unpaired) electrons. The molecule has 6 heteroatoms. The van der Waals surface area contributed by atoms with Crippen LogP contribution < -0.4 is 9.47 Å². The first-order valence-electron chi connectivity index (χ1n) is 8.54. The highest BCUT2D eigenvalue weighted by molar-refractivity contribution is 9.10. The van der Waals surface area contributed by atoms with Crippen LogP contribution in [0.3, 0.4) is 0 Å². The summed E-state index contributed by atoms with van der Waals surface area (Å²) in [7, 11) is 0. The zero-order valence-corrected chi connectivity index (χ0v) is 16.8. The molecule has 0 aromatic heterocycles. The van der Waals surface area contributed by atoms with E-state index in [1.165, 1.54) is 5.56 Å². The smallest absolute Gasteiger partial charge is 0.363 e. The quantitative estimate of drug-likeness (QED) is 0.509. The summed E-state index contributed by atoms with van der Waals surface area (Å²) in [6.45, 7) is 6.65. The van der Waals surface area contributed by atoms with Gasteiger partial charge in [-0.2, -0.15) is 0 Å². The molecule has 0 unspecified atom stereocenters. The largest absolute Gasteiger partial charge is 0.454 e. The third-order valence-corrected chi connectivity index (χ3v) is 5.09. The third-order valence-electron chi connectivity index (χ3n) is 4.40. The normalized spacial score (nSPS) is 17.3. The maximum absolute atomic E-state index is 12.3. The van der Waals surface area contributed by atoms with Gasteiger partial charge in [-0.3, -0.25) is 0 Å². The molecule has 0 saturated heterocycles. The van der Waals surface area contributed by atoms with Gasteiger partial charge in [-0.25, -0.2) is 9.79 Å². The first kappa shape index (κ1) is 17.8.